The first-order chi connectivity index (χ1) is 15.4. The highest BCUT2D eigenvalue weighted by molar-refractivity contribution is 7.92. The summed E-state index contributed by atoms with van der Waals surface area (Å²) in [7, 11) is -2.36. The fourth-order valence-electron chi connectivity index (χ4n) is 3.61. The predicted molar refractivity (Wildman–Crippen MR) is 124 cm³/mol. The lowest BCUT2D eigenvalue weighted by Gasteiger charge is -2.20. The van der Waals surface area contributed by atoms with Gasteiger partial charge in [0.15, 0.2) is 0 Å². The van der Waals surface area contributed by atoms with Gasteiger partial charge in [0.2, 0.25) is 5.91 Å². The highest BCUT2D eigenvalue weighted by Crippen LogP contribution is 2.25. The van der Waals surface area contributed by atoms with E-state index in [1.807, 2.05) is 12.1 Å². The average Bonchev–Trinajstić information content (AvgIpc) is 3.25. The molecule has 0 spiro atoms. The van der Waals surface area contributed by atoms with Crippen LogP contribution in [0.25, 0.3) is 0 Å². The predicted octanol–water partition coefficient (Wildman–Crippen LogP) is 3.89. The summed E-state index contributed by atoms with van der Waals surface area (Å²) in [5, 5.41) is 2.79. The maximum Gasteiger partial charge on any atom is 0.264 e. The van der Waals surface area contributed by atoms with Crippen LogP contribution in [-0.2, 0) is 14.8 Å². The molecule has 1 aliphatic heterocycles. The molecule has 164 valence electrons. The molecule has 0 bridgehead atoms. The second-order valence-electron chi connectivity index (χ2n) is 7.49. The summed E-state index contributed by atoms with van der Waals surface area (Å²) >= 11 is 0. The Morgan fingerprint density at radius 2 is 1.72 bits per heavy atom. The Morgan fingerprint density at radius 3 is 2.44 bits per heavy atom. The highest BCUT2D eigenvalue weighted by atomic mass is 32.2. The van der Waals surface area contributed by atoms with Crippen molar-refractivity contribution in [2.24, 2.45) is 0 Å². The van der Waals surface area contributed by atoms with Gasteiger partial charge in [-0.15, -0.1) is 0 Å². The van der Waals surface area contributed by atoms with Crippen LogP contribution in [0.1, 0.15) is 23.2 Å². The molecule has 1 saturated heterocycles. The molecule has 7 nitrogen and oxygen atoms in total. The zero-order chi connectivity index (χ0) is 22.7. The molecule has 2 amide bonds. The summed E-state index contributed by atoms with van der Waals surface area (Å²) in [4.78, 5) is 26.5. The fourth-order valence-corrected chi connectivity index (χ4v) is 4.85. The summed E-state index contributed by atoms with van der Waals surface area (Å²) < 4.78 is 27.3. The van der Waals surface area contributed by atoms with Gasteiger partial charge in [0.25, 0.3) is 15.9 Å². The van der Waals surface area contributed by atoms with E-state index < -0.39 is 15.9 Å². The van der Waals surface area contributed by atoms with Gasteiger partial charge in [0, 0.05) is 37.0 Å². The van der Waals surface area contributed by atoms with E-state index in [4.69, 9.17) is 0 Å². The topological polar surface area (TPSA) is 86.8 Å². The first-order valence-electron chi connectivity index (χ1n) is 10.2. The van der Waals surface area contributed by atoms with Crippen LogP contribution in [-0.4, -0.2) is 33.8 Å². The number of rotatable bonds is 6. The van der Waals surface area contributed by atoms with E-state index in [0.29, 0.717) is 24.3 Å². The Labute approximate surface area is 187 Å². The average molecular weight is 450 g/mol. The number of benzene rings is 3. The molecule has 8 heteroatoms. The van der Waals surface area contributed by atoms with Crippen LogP contribution in [0.3, 0.4) is 0 Å². The minimum atomic E-state index is -3.84. The minimum Gasteiger partial charge on any atom is -0.322 e. The first-order valence-corrected chi connectivity index (χ1v) is 11.7. The second-order valence-corrected chi connectivity index (χ2v) is 9.46. The molecule has 1 fully saturated rings. The lowest BCUT2D eigenvalue weighted by molar-refractivity contribution is -0.117. The molecule has 0 radical (unpaired) electrons. The molecular weight excluding hydrogens is 426 g/mol. The van der Waals surface area contributed by atoms with E-state index in [1.165, 1.54) is 23.5 Å². The maximum absolute atomic E-state index is 13.0. The number of carbonyl (C=O) groups excluding carboxylic acids is 2. The Balaban J connectivity index is 1.55. The van der Waals surface area contributed by atoms with Crippen molar-refractivity contribution in [3.05, 3.63) is 84.4 Å². The summed E-state index contributed by atoms with van der Waals surface area (Å²) in [6.45, 7) is 0.658. The Morgan fingerprint density at radius 1 is 0.969 bits per heavy atom. The van der Waals surface area contributed by atoms with E-state index in [9.17, 15) is 18.0 Å². The fraction of sp³-hybridized carbons (Fsp3) is 0.167. The van der Waals surface area contributed by atoms with Crippen LogP contribution in [0.2, 0.25) is 0 Å². The van der Waals surface area contributed by atoms with Crippen molar-refractivity contribution in [3.8, 4) is 0 Å². The summed E-state index contributed by atoms with van der Waals surface area (Å²) in [5.74, 6) is -0.372. The van der Waals surface area contributed by atoms with Gasteiger partial charge in [-0.3, -0.25) is 13.9 Å². The van der Waals surface area contributed by atoms with Gasteiger partial charge in [-0.1, -0.05) is 30.3 Å². The molecule has 0 atom stereocenters. The van der Waals surface area contributed by atoms with Gasteiger partial charge in [-0.2, -0.15) is 0 Å². The Kier molecular flexibility index (Phi) is 5.96. The van der Waals surface area contributed by atoms with Crippen molar-refractivity contribution in [1.82, 2.24) is 0 Å². The molecule has 32 heavy (non-hydrogen) atoms. The molecule has 3 aromatic carbocycles. The molecule has 0 unspecified atom stereocenters. The van der Waals surface area contributed by atoms with E-state index in [2.05, 4.69) is 5.32 Å². The number of para-hydroxylation sites is 1. The lowest BCUT2D eigenvalue weighted by Crippen LogP contribution is -2.26. The highest BCUT2D eigenvalue weighted by Gasteiger charge is 2.23. The summed E-state index contributed by atoms with van der Waals surface area (Å²) in [6.07, 6.45) is 1.34. The summed E-state index contributed by atoms with van der Waals surface area (Å²) in [6, 6.07) is 21.7. The van der Waals surface area contributed by atoms with Gasteiger partial charge in [0.1, 0.15) is 0 Å². The molecule has 0 aromatic heterocycles. The van der Waals surface area contributed by atoms with Crippen molar-refractivity contribution in [2.75, 3.05) is 28.1 Å². The first kappa shape index (κ1) is 21.6. The number of hydrogen-bond donors (Lipinski definition) is 1. The number of sulfonamides is 1. The number of carbonyl (C=O) groups is 2. The van der Waals surface area contributed by atoms with E-state index in [1.54, 1.807) is 59.5 Å². The Bertz CT molecular complexity index is 1260. The van der Waals surface area contributed by atoms with Crippen molar-refractivity contribution >= 4 is 38.9 Å². The van der Waals surface area contributed by atoms with Crippen molar-refractivity contribution < 1.29 is 18.0 Å². The van der Waals surface area contributed by atoms with Crippen molar-refractivity contribution in [3.63, 3.8) is 0 Å². The number of nitrogens with zero attached hydrogens (tertiary/aromatic N) is 2. The molecule has 1 heterocycles. The molecule has 4 rings (SSSR count). The standard InChI is InChI=1S/C24H23N3O4S/c1-26(20-10-3-2-4-11-20)32(30,31)22-13-5-8-18(16-22)24(29)25-19-9-6-12-21(17-19)27-15-7-14-23(27)28/h2-6,8-13,16-17H,7,14-15H2,1H3,(H,25,29). The van der Waals surface area contributed by atoms with E-state index in [0.717, 1.165) is 12.1 Å². The zero-order valence-electron chi connectivity index (χ0n) is 17.6. The van der Waals surface area contributed by atoms with Crippen LogP contribution in [0.5, 0.6) is 0 Å². The number of amides is 2. The quantitative estimate of drug-likeness (QED) is 0.619. The summed E-state index contributed by atoms with van der Waals surface area (Å²) in [5.41, 5.74) is 2.00. The van der Waals surface area contributed by atoms with Gasteiger partial charge in [-0.25, -0.2) is 8.42 Å². The normalized spacial score (nSPS) is 13.8. The number of anilines is 3. The minimum absolute atomic E-state index is 0.0212. The van der Waals surface area contributed by atoms with Gasteiger partial charge < -0.3 is 10.2 Å². The van der Waals surface area contributed by atoms with Gasteiger partial charge in [-0.05, 0) is 55.0 Å². The van der Waals surface area contributed by atoms with Gasteiger partial charge >= 0.3 is 0 Å². The third-order valence-corrected chi connectivity index (χ3v) is 7.15. The van der Waals surface area contributed by atoms with Crippen molar-refractivity contribution in [2.45, 2.75) is 17.7 Å². The lowest BCUT2D eigenvalue weighted by atomic mass is 10.2. The van der Waals surface area contributed by atoms with Crippen LogP contribution in [0.4, 0.5) is 17.1 Å². The van der Waals surface area contributed by atoms with Crippen LogP contribution in [0.15, 0.2) is 83.8 Å². The van der Waals surface area contributed by atoms with E-state index in [-0.39, 0.29) is 16.4 Å². The molecule has 1 N–H and O–H groups in total. The number of hydrogen-bond acceptors (Lipinski definition) is 4. The second kappa shape index (κ2) is 8.84. The molecule has 3 aromatic rings. The smallest absolute Gasteiger partial charge is 0.264 e. The largest absolute Gasteiger partial charge is 0.322 e. The third kappa shape index (κ3) is 4.36. The zero-order valence-corrected chi connectivity index (χ0v) is 18.4. The van der Waals surface area contributed by atoms with Crippen LogP contribution < -0.4 is 14.5 Å². The monoisotopic (exact) mass is 449 g/mol. The molecule has 1 aliphatic rings. The van der Waals surface area contributed by atoms with E-state index >= 15 is 0 Å². The van der Waals surface area contributed by atoms with Gasteiger partial charge in [0.05, 0.1) is 10.6 Å². The molecule has 0 saturated carbocycles. The SMILES string of the molecule is CN(c1ccccc1)S(=O)(=O)c1cccc(C(=O)Nc2cccc(N3CCCC3=O)c2)c1. The number of nitrogens with one attached hydrogen (secondary N) is 1. The third-order valence-electron chi connectivity index (χ3n) is 5.36. The van der Waals surface area contributed by atoms with Crippen molar-refractivity contribution in [1.29, 1.82) is 0 Å². The van der Waals surface area contributed by atoms with Crippen LogP contribution in [0, 0.1) is 0 Å². The molecular formula is C24H23N3O4S. The Hall–Kier alpha value is -3.65. The van der Waals surface area contributed by atoms with Crippen LogP contribution >= 0.6 is 0 Å². The molecule has 0 aliphatic carbocycles. The maximum atomic E-state index is 13.0.